The van der Waals surface area contributed by atoms with E-state index < -0.39 is 15.9 Å². The number of rotatable bonds is 7. The van der Waals surface area contributed by atoms with Crippen molar-refractivity contribution in [2.24, 2.45) is 0 Å². The zero-order valence-corrected chi connectivity index (χ0v) is 20.2. The maximum atomic E-state index is 13.1. The number of nitrogens with one attached hydrogen (secondary N) is 1. The number of aromatic nitrogens is 2. The molecular weight excluding hydrogens is 460 g/mol. The van der Waals surface area contributed by atoms with E-state index in [1.165, 1.54) is 24.3 Å². The summed E-state index contributed by atoms with van der Waals surface area (Å²) in [6, 6.07) is 13.6. The third-order valence-electron chi connectivity index (χ3n) is 5.75. The largest absolute Gasteiger partial charge is 0.403 e. The number of carbonyl (C=O) groups is 1. The van der Waals surface area contributed by atoms with Crippen molar-refractivity contribution >= 4 is 33.7 Å². The van der Waals surface area contributed by atoms with Crippen molar-refractivity contribution in [2.75, 3.05) is 18.1 Å². The molecule has 1 unspecified atom stereocenters. The Labute approximate surface area is 197 Å². The van der Waals surface area contributed by atoms with Gasteiger partial charge in [-0.05, 0) is 74.0 Å². The van der Waals surface area contributed by atoms with Crippen LogP contribution in [0, 0.1) is 0 Å². The minimum Gasteiger partial charge on any atom is -0.403 e. The van der Waals surface area contributed by atoms with Gasteiger partial charge in [-0.25, -0.2) is 8.42 Å². The van der Waals surface area contributed by atoms with Crippen molar-refractivity contribution in [3.8, 4) is 11.5 Å². The van der Waals surface area contributed by atoms with Gasteiger partial charge in [0, 0.05) is 28.6 Å². The highest BCUT2D eigenvalue weighted by Gasteiger charge is 2.32. The second-order valence-corrected chi connectivity index (χ2v) is 10.6. The van der Waals surface area contributed by atoms with Crippen LogP contribution >= 0.6 is 11.8 Å². The molecular formula is C23H26N4O4S2. The van der Waals surface area contributed by atoms with Crippen LogP contribution in [0.5, 0.6) is 0 Å². The number of benzene rings is 2. The molecule has 4 rings (SSSR count). The van der Waals surface area contributed by atoms with Gasteiger partial charge in [-0.1, -0.05) is 18.4 Å². The molecule has 0 saturated carbocycles. The monoisotopic (exact) mass is 486 g/mol. The molecule has 1 aromatic heterocycles. The van der Waals surface area contributed by atoms with Crippen LogP contribution in [0.4, 0.5) is 6.01 Å². The van der Waals surface area contributed by atoms with Gasteiger partial charge in [-0.3, -0.25) is 10.1 Å². The van der Waals surface area contributed by atoms with Crippen LogP contribution in [0.15, 0.2) is 62.7 Å². The summed E-state index contributed by atoms with van der Waals surface area (Å²) >= 11 is 1.63. The highest BCUT2D eigenvalue weighted by Crippen LogP contribution is 2.27. The van der Waals surface area contributed by atoms with E-state index in [0.29, 0.717) is 18.0 Å². The molecule has 1 aliphatic rings. The summed E-state index contributed by atoms with van der Waals surface area (Å²) in [6.45, 7) is 2.54. The lowest BCUT2D eigenvalue weighted by atomic mass is 10.0. The Balaban J connectivity index is 1.45. The van der Waals surface area contributed by atoms with Gasteiger partial charge in [0.2, 0.25) is 15.9 Å². The summed E-state index contributed by atoms with van der Waals surface area (Å²) in [5.74, 6) is -0.164. The van der Waals surface area contributed by atoms with E-state index in [0.717, 1.165) is 36.1 Å². The standard InChI is InChI=1S/C23H26N4O4S2/c1-3-18-6-4-5-15-27(18)33(29,30)20-13-9-16(10-14-20)21(28)24-23-26-25-22(31-23)17-7-11-19(32-2)12-8-17/h7-14,18H,3-6,15H2,1-2H3,(H,24,26,28). The van der Waals surface area contributed by atoms with Crippen molar-refractivity contribution in [1.82, 2.24) is 14.5 Å². The summed E-state index contributed by atoms with van der Waals surface area (Å²) in [6.07, 6.45) is 5.57. The number of piperidine rings is 1. The van der Waals surface area contributed by atoms with Crippen molar-refractivity contribution in [3.05, 3.63) is 54.1 Å². The van der Waals surface area contributed by atoms with Crippen LogP contribution in [-0.2, 0) is 10.0 Å². The summed E-state index contributed by atoms with van der Waals surface area (Å²) in [7, 11) is -3.60. The minimum absolute atomic E-state index is 0.0235. The number of amides is 1. The molecule has 1 amide bonds. The van der Waals surface area contributed by atoms with Crippen molar-refractivity contribution in [3.63, 3.8) is 0 Å². The Morgan fingerprint density at radius 3 is 2.52 bits per heavy atom. The van der Waals surface area contributed by atoms with Crippen LogP contribution in [-0.4, -0.2) is 47.7 Å². The highest BCUT2D eigenvalue weighted by molar-refractivity contribution is 7.98. The summed E-state index contributed by atoms with van der Waals surface area (Å²) in [5, 5.41) is 10.4. The van der Waals surface area contributed by atoms with Gasteiger partial charge in [-0.15, -0.1) is 16.9 Å². The number of thioether (sulfide) groups is 1. The third-order valence-corrected chi connectivity index (χ3v) is 8.46. The second kappa shape index (κ2) is 10.1. The van der Waals surface area contributed by atoms with Gasteiger partial charge in [0.1, 0.15) is 0 Å². The van der Waals surface area contributed by atoms with Gasteiger partial charge < -0.3 is 4.42 Å². The zero-order valence-electron chi connectivity index (χ0n) is 18.5. The Bertz CT molecular complexity index is 1210. The molecule has 2 heterocycles. The molecule has 0 radical (unpaired) electrons. The Kier molecular flexibility index (Phi) is 7.16. The molecule has 1 aliphatic heterocycles. The maximum absolute atomic E-state index is 13.1. The number of sulfonamides is 1. The van der Waals surface area contributed by atoms with Crippen LogP contribution in [0.2, 0.25) is 0 Å². The lowest BCUT2D eigenvalue weighted by molar-refractivity contribution is 0.102. The fourth-order valence-corrected chi connectivity index (χ4v) is 6.08. The van der Waals surface area contributed by atoms with Gasteiger partial charge in [0.25, 0.3) is 5.91 Å². The van der Waals surface area contributed by atoms with E-state index in [1.54, 1.807) is 16.1 Å². The first-order chi connectivity index (χ1) is 15.9. The fourth-order valence-electron chi connectivity index (χ4n) is 3.91. The number of hydrogen-bond acceptors (Lipinski definition) is 7. The molecule has 1 saturated heterocycles. The molecule has 0 spiro atoms. The molecule has 1 fully saturated rings. The van der Waals surface area contributed by atoms with Gasteiger partial charge >= 0.3 is 6.01 Å². The van der Waals surface area contributed by atoms with Crippen molar-refractivity contribution in [2.45, 2.75) is 48.4 Å². The normalized spacial score (nSPS) is 17.1. The predicted octanol–water partition coefficient (Wildman–Crippen LogP) is 4.66. The van der Waals surface area contributed by atoms with Crippen LogP contribution in [0.1, 0.15) is 43.0 Å². The molecule has 1 N–H and O–H groups in total. The summed E-state index contributed by atoms with van der Waals surface area (Å²) in [5.41, 5.74) is 1.04. The van der Waals surface area contributed by atoms with E-state index >= 15 is 0 Å². The molecule has 3 aromatic rings. The molecule has 0 bridgehead atoms. The molecule has 1 atom stereocenters. The van der Waals surface area contributed by atoms with Gasteiger partial charge in [0.05, 0.1) is 4.90 Å². The highest BCUT2D eigenvalue weighted by atomic mass is 32.2. The van der Waals surface area contributed by atoms with Crippen LogP contribution in [0.3, 0.4) is 0 Å². The Morgan fingerprint density at radius 1 is 1.12 bits per heavy atom. The summed E-state index contributed by atoms with van der Waals surface area (Å²) in [4.78, 5) is 13.9. The molecule has 8 nitrogen and oxygen atoms in total. The quantitative estimate of drug-likeness (QED) is 0.484. The second-order valence-electron chi connectivity index (χ2n) is 7.79. The van der Waals surface area contributed by atoms with Crippen LogP contribution in [0.25, 0.3) is 11.5 Å². The molecule has 0 aliphatic carbocycles. The van der Waals surface area contributed by atoms with E-state index in [-0.39, 0.29) is 17.0 Å². The summed E-state index contributed by atoms with van der Waals surface area (Å²) < 4.78 is 33.3. The smallest absolute Gasteiger partial charge is 0.322 e. The number of hydrogen-bond donors (Lipinski definition) is 1. The Morgan fingerprint density at radius 2 is 1.85 bits per heavy atom. The predicted molar refractivity (Wildman–Crippen MR) is 128 cm³/mol. The average Bonchev–Trinajstić information content (AvgIpc) is 3.32. The molecule has 2 aromatic carbocycles. The molecule has 10 heteroatoms. The van der Waals surface area contributed by atoms with E-state index in [4.69, 9.17) is 4.42 Å². The SMILES string of the molecule is CCC1CCCCN1S(=O)(=O)c1ccc(C(=O)Nc2nnc(-c3ccc(SC)cc3)o2)cc1. The average molecular weight is 487 g/mol. The Hall–Kier alpha value is -2.69. The fraction of sp³-hybridized carbons (Fsp3) is 0.348. The number of carbonyl (C=O) groups excluding carboxylic acids is 1. The van der Waals surface area contributed by atoms with Crippen LogP contribution < -0.4 is 5.32 Å². The first-order valence-corrected chi connectivity index (χ1v) is 13.5. The van der Waals surface area contributed by atoms with E-state index in [1.807, 2.05) is 37.4 Å². The van der Waals surface area contributed by atoms with Gasteiger partial charge in [0.15, 0.2) is 0 Å². The van der Waals surface area contributed by atoms with E-state index in [2.05, 4.69) is 15.5 Å². The lowest BCUT2D eigenvalue weighted by Gasteiger charge is -2.34. The topological polar surface area (TPSA) is 105 Å². The van der Waals surface area contributed by atoms with E-state index in [9.17, 15) is 13.2 Å². The number of nitrogens with zero attached hydrogens (tertiary/aromatic N) is 3. The van der Waals surface area contributed by atoms with Crippen molar-refractivity contribution < 1.29 is 17.6 Å². The van der Waals surface area contributed by atoms with Gasteiger partial charge in [-0.2, -0.15) is 4.31 Å². The third kappa shape index (κ3) is 5.13. The lowest BCUT2D eigenvalue weighted by Crippen LogP contribution is -2.43. The van der Waals surface area contributed by atoms with Crippen molar-refractivity contribution in [1.29, 1.82) is 0 Å². The maximum Gasteiger partial charge on any atom is 0.322 e. The first-order valence-electron chi connectivity index (χ1n) is 10.8. The zero-order chi connectivity index (χ0) is 23.4. The number of anilines is 1. The molecule has 174 valence electrons. The minimum atomic E-state index is -3.60. The first kappa shape index (κ1) is 23.5. The molecule has 33 heavy (non-hydrogen) atoms.